The van der Waals surface area contributed by atoms with E-state index in [2.05, 4.69) is 26.1 Å². The normalized spacial score (nSPS) is 40.9. The van der Waals surface area contributed by atoms with Gasteiger partial charge < -0.3 is 5.32 Å². The molecule has 1 nitrogen and oxygen atoms in total. The van der Waals surface area contributed by atoms with E-state index < -0.39 is 0 Å². The predicted molar refractivity (Wildman–Crippen MR) is 61.3 cm³/mol. The van der Waals surface area contributed by atoms with Gasteiger partial charge in [0.1, 0.15) is 0 Å². The van der Waals surface area contributed by atoms with E-state index in [1.807, 2.05) is 0 Å². The summed E-state index contributed by atoms with van der Waals surface area (Å²) in [7, 11) is 0. The van der Waals surface area contributed by atoms with E-state index in [4.69, 9.17) is 0 Å². The Morgan fingerprint density at radius 3 is 2.43 bits per heavy atom. The van der Waals surface area contributed by atoms with Crippen molar-refractivity contribution >= 4 is 0 Å². The molecule has 82 valence electrons. The summed E-state index contributed by atoms with van der Waals surface area (Å²) in [5.74, 6) is 1.87. The first kappa shape index (κ1) is 10.5. The standard InChI is InChI=1S/C13H25N/c1-10-4-5-12(8-11(10)2)14-9-13(3)6-7-13/h10-12,14H,4-9H2,1-3H3. The summed E-state index contributed by atoms with van der Waals surface area (Å²) in [6.07, 6.45) is 7.12. The van der Waals surface area contributed by atoms with Gasteiger partial charge in [-0.15, -0.1) is 0 Å². The molecule has 0 spiro atoms. The van der Waals surface area contributed by atoms with Crippen LogP contribution < -0.4 is 5.32 Å². The Bertz CT molecular complexity index is 195. The highest BCUT2D eigenvalue weighted by molar-refractivity contribution is 4.92. The zero-order valence-corrected chi connectivity index (χ0v) is 9.97. The Hall–Kier alpha value is -0.0400. The highest BCUT2D eigenvalue weighted by Gasteiger charge is 2.37. The molecular formula is C13H25N. The first-order valence-electron chi connectivity index (χ1n) is 6.32. The van der Waals surface area contributed by atoms with Gasteiger partial charge >= 0.3 is 0 Å². The van der Waals surface area contributed by atoms with E-state index in [0.717, 1.165) is 17.9 Å². The molecule has 0 amide bonds. The minimum Gasteiger partial charge on any atom is -0.313 e. The first-order chi connectivity index (χ1) is 6.59. The van der Waals surface area contributed by atoms with Crippen molar-refractivity contribution in [1.29, 1.82) is 0 Å². The van der Waals surface area contributed by atoms with Crippen LogP contribution in [0.25, 0.3) is 0 Å². The van der Waals surface area contributed by atoms with E-state index in [1.165, 1.54) is 38.6 Å². The van der Waals surface area contributed by atoms with Gasteiger partial charge in [-0.3, -0.25) is 0 Å². The van der Waals surface area contributed by atoms with Crippen LogP contribution in [0.4, 0.5) is 0 Å². The van der Waals surface area contributed by atoms with Crippen molar-refractivity contribution in [2.75, 3.05) is 6.54 Å². The molecule has 1 N–H and O–H groups in total. The lowest BCUT2D eigenvalue weighted by Gasteiger charge is -2.33. The van der Waals surface area contributed by atoms with Gasteiger partial charge in [-0.1, -0.05) is 20.8 Å². The third-order valence-corrected chi connectivity index (χ3v) is 4.52. The Morgan fingerprint density at radius 2 is 1.86 bits per heavy atom. The molecule has 0 saturated heterocycles. The molecule has 0 aliphatic heterocycles. The minimum atomic E-state index is 0.673. The van der Waals surface area contributed by atoms with Crippen LogP contribution in [0.2, 0.25) is 0 Å². The topological polar surface area (TPSA) is 12.0 Å². The van der Waals surface area contributed by atoms with Crippen LogP contribution in [-0.2, 0) is 0 Å². The molecule has 2 aliphatic carbocycles. The van der Waals surface area contributed by atoms with Gasteiger partial charge in [0, 0.05) is 12.6 Å². The third-order valence-electron chi connectivity index (χ3n) is 4.52. The lowest BCUT2D eigenvalue weighted by molar-refractivity contribution is 0.220. The molecule has 0 aromatic rings. The van der Waals surface area contributed by atoms with Gasteiger partial charge in [0.25, 0.3) is 0 Å². The molecule has 2 fully saturated rings. The van der Waals surface area contributed by atoms with Gasteiger partial charge in [0.2, 0.25) is 0 Å². The molecule has 0 radical (unpaired) electrons. The fourth-order valence-electron chi connectivity index (χ4n) is 2.51. The van der Waals surface area contributed by atoms with Crippen LogP contribution in [0.3, 0.4) is 0 Å². The lowest BCUT2D eigenvalue weighted by atomic mass is 9.79. The zero-order valence-electron chi connectivity index (χ0n) is 9.97. The van der Waals surface area contributed by atoms with E-state index >= 15 is 0 Å². The average molecular weight is 195 g/mol. The molecule has 3 atom stereocenters. The highest BCUT2D eigenvalue weighted by Crippen LogP contribution is 2.44. The summed E-state index contributed by atoms with van der Waals surface area (Å²) < 4.78 is 0. The molecule has 3 unspecified atom stereocenters. The minimum absolute atomic E-state index is 0.673. The zero-order chi connectivity index (χ0) is 10.2. The van der Waals surface area contributed by atoms with Crippen molar-refractivity contribution in [2.45, 2.75) is 58.9 Å². The summed E-state index contributed by atoms with van der Waals surface area (Å²) in [5.41, 5.74) is 0.673. The Kier molecular flexibility index (Phi) is 2.88. The Balaban J connectivity index is 1.71. The summed E-state index contributed by atoms with van der Waals surface area (Å²) in [4.78, 5) is 0. The van der Waals surface area contributed by atoms with Gasteiger partial charge in [0.05, 0.1) is 0 Å². The number of rotatable bonds is 3. The fourth-order valence-corrected chi connectivity index (χ4v) is 2.51. The van der Waals surface area contributed by atoms with Crippen molar-refractivity contribution < 1.29 is 0 Å². The Labute approximate surface area is 88.7 Å². The summed E-state index contributed by atoms with van der Waals surface area (Å²) in [6.45, 7) is 8.49. The first-order valence-corrected chi connectivity index (χ1v) is 6.32. The van der Waals surface area contributed by atoms with E-state index in [1.54, 1.807) is 0 Å². The molecular weight excluding hydrogens is 170 g/mol. The van der Waals surface area contributed by atoms with Crippen LogP contribution in [0.5, 0.6) is 0 Å². The molecule has 2 saturated carbocycles. The van der Waals surface area contributed by atoms with Crippen LogP contribution in [0, 0.1) is 17.3 Å². The largest absolute Gasteiger partial charge is 0.313 e. The van der Waals surface area contributed by atoms with Crippen molar-refractivity contribution in [2.24, 2.45) is 17.3 Å². The third kappa shape index (κ3) is 2.50. The van der Waals surface area contributed by atoms with Gasteiger partial charge in [-0.2, -0.15) is 0 Å². The molecule has 14 heavy (non-hydrogen) atoms. The van der Waals surface area contributed by atoms with Gasteiger partial charge in [-0.05, 0) is 49.4 Å². The van der Waals surface area contributed by atoms with Crippen molar-refractivity contribution in [3.63, 3.8) is 0 Å². The fraction of sp³-hybridized carbons (Fsp3) is 1.00. The number of nitrogens with one attached hydrogen (secondary N) is 1. The maximum atomic E-state index is 3.78. The second-order valence-corrected chi connectivity index (χ2v) is 6.16. The molecule has 0 aromatic carbocycles. The van der Waals surface area contributed by atoms with Crippen LogP contribution in [0.15, 0.2) is 0 Å². The average Bonchev–Trinajstić information content (AvgIpc) is 2.87. The Morgan fingerprint density at radius 1 is 1.14 bits per heavy atom. The molecule has 1 heteroatoms. The second kappa shape index (κ2) is 3.84. The van der Waals surface area contributed by atoms with E-state index in [-0.39, 0.29) is 0 Å². The predicted octanol–water partition coefficient (Wildman–Crippen LogP) is 3.20. The van der Waals surface area contributed by atoms with Crippen molar-refractivity contribution in [3.8, 4) is 0 Å². The quantitative estimate of drug-likeness (QED) is 0.729. The SMILES string of the molecule is CC1CCC(NCC2(C)CC2)CC1C. The van der Waals surface area contributed by atoms with E-state index in [0.29, 0.717) is 5.41 Å². The molecule has 2 rings (SSSR count). The smallest absolute Gasteiger partial charge is 0.00700 e. The molecule has 0 bridgehead atoms. The number of hydrogen-bond donors (Lipinski definition) is 1. The molecule has 0 heterocycles. The van der Waals surface area contributed by atoms with Crippen molar-refractivity contribution in [1.82, 2.24) is 5.32 Å². The lowest BCUT2D eigenvalue weighted by Crippen LogP contribution is -2.38. The monoisotopic (exact) mass is 195 g/mol. The van der Waals surface area contributed by atoms with E-state index in [9.17, 15) is 0 Å². The van der Waals surface area contributed by atoms with Gasteiger partial charge in [0.15, 0.2) is 0 Å². The second-order valence-electron chi connectivity index (χ2n) is 6.16. The molecule has 0 aromatic heterocycles. The summed E-state index contributed by atoms with van der Waals surface area (Å²) in [5, 5.41) is 3.78. The highest BCUT2D eigenvalue weighted by atomic mass is 14.9. The summed E-state index contributed by atoms with van der Waals surface area (Å²) in [6, 6.07) is 0.818. The van der Waals surface area contributed by atoms with Gasteiger partial charge in [-0.25, -0.2) is 0 Å². The summed E-state index contributed by atoms with van der Waals surface area (Å²) >= 11 is 0. The van der Waals surface area contributed by atoms with Crippen LogP contribution in [0.1, 0.15) is 52.9 Å². The maximum Gasteiger partial charge on any atom is 0.00700 e. The van der Waals surface area contributed by atoms with Crippen LogP contribution >= 0.6 is 0 Å². The molecule has 2 aliphatic rings. The van der Waals surface area contributed by atoms with Crippen LogP contribution in [-0.4, -0.2) is 12.6 Å². The maximum absolute atomic E-state index is 3.78. The van der Waals surface area contributed by atoms with Crippen molar-refractivity contribution in [3.05, 3.63) is 0 Å². The number of hydrogen-bond acceptors (Lipinski definition) is 1.